The van der Waals surface area contributed by atoms with E-state index in [9.17, 15) is 0 Å². The summed E-state index contributed by atoms with van der Waals surface area (Å²) in [6.07, 6.45) is 0. The first-order valence-electron chi connectivity index (χ1n) is 22.1. The first-order valence-corrected chi connectivity index (χ1v) is 22.1. The summed E-state index contributed by atoms with van der Waals surface area (Å²) < 4.78 is 2.43. The van der Waals surface area contributed by atoms with Gasteiger partial charge in [-0.25, -0.2) is 15.0 Å². The van der Waals surface area contributed by atoms with Gasteiger partial charge >= 0.3 is 0 Å². The lowest BCUT2D eigenvalue weighted by Crippen LogP contribution is -2.00. The standard InChI is InChI=1S/C61H38N4/c1-3-14-39(15-4-1)41-26-28-43(29-27-41)60-62-59(42-17-5-2-6-18-42)63-61(64-60)46-32-35-54-55(37-46)50-21-10-9-20-49(50)53-24-13-23-48(58(53)54)45-31-34-52-51-22-11-12-25-56(51)65(57(52)38-45)47-33-30-40-16-7-8-19-44(40)36-47/h1-38H. The molecule has 0 aliphatic rings. The number of fused-ring (bicyclic) bond motifs is 10. The molecule has 0 aliphatic heterocycles. The lowest BCUT2D eigenvalue weighted by molar-refractivity contribution is 1.07. The second-order valence-electron chi connectivity index (χ2n) is 16.8. The fraction of sp³-hybridized carbons (Fsp3) is 0. The minimum Gasteiger partial charge on any atom is -0.309 e. The van der Waals surface area contributed by atoms with Gasteiger partial charge in [0.05, 0.1) is 11.0 Å². The van der Waals surface area contributed by atoms with E-state index < -0.39 is 0 Å². The van der Waals surface area contributed by atoms with E-state index in [0.717, 1.165) is 33.3 Å². The molecule has 302 valence electrons. The molecule has 13 aromatic rings. The molecule has 0 N–H and O–H groups in total. The third-order valence-electron chi connectivity index (χ3n) is 13.0. The van der Waals surface area contributed by atoms with Crippen molar-refractivity contribution in [3.05, 3.63) is 231 Å². The van der Waals surface area contributed by atoms with Crippen LogP contribution in [0.4, 0.5) is 0 Å². The maximum atomic E-state index is 5.19. The molecule has 65 heavy (non-hydrogen) atoms. The zero-order valence-corrected chi connectivity index (χ0v) is 35.2. The van der Waals surface area contributed by atoms with Crippen molar-refractivity contribution < 1.29 is 0 Å². The van der Waals surface area contributed by atoms with Crippen molar-refractivity contribution in [3.63, 3.8) is 0 Å². The maximum Gasteiger partial charge on any atom is 0.164 e. The molecule has 0 bridgehead atoms. The van der Waals surface area contributed by atoms with Crippen LogP contribution in [0.1, 0.15) is 0 Å². The number of nitrogens with zero attached hydrogens (tertiary/aromatic N) is 4. The van der Waals surface area contributed by atoms with Crippen LogP contribution in [0.25, 0.3) is 127 Å². The van der Waals surface area contributed by atoms with Crippen molar-refractivity contribution >= 4 is 64.9 Å². The number of para-hydroxylation sites is 1. The van der Waals surface area contributed by atoms with Crippen LogP contribution in [0.3, 0.4) is 0 Å². The molecule has 0 atom stereocenters. The molecule has 0 fully saturated rings. The largest absolute Gasteiger partial charge is 0.309 e. The van der Waals surface area contributed by atoms with Crippen molar-refractivity contribution in [2.24, 2.45) is 0 Å². The minimum atomic E-state index is 0.632. The van der Waals surface area contributed by atoms with Crippen LogP contribution >= 0.6 is 0 Å². The third-order valence-corrected chi connectivity index (χ3v) is 13.0. The van der Waals surface area contributed by atoms with Gasteiger partial charge in [-0.3, -0.25) is 0 Å². The van der Waals surface area contributed by atoms with Gasteiger partial charge in [-0.1, -0.05) is 200 Å². The molecule has 0 radical (unpaired) electrons. The van der Waals surface area contributed by atoms with Gasteiger partial charge in [-0.05, 0) is 95.7 Å². The van der Waals surface area contributed by atoms with Crippen molar-refractivity contribution in [1.29, 1.82) is 0 Å². The molecule has 0 spiro atoms. The van der Waals surface area contributed by atoms with E-state index in [2.05, 4.69) is 211 Å². The molecule has 0 amide bonds. The first kappa shape index (κ1) is 36.9. The Morgan fingerprint density at radius 1 is 0.262 bits per heavy atom. The summed E-state index contributed by atoms with van der Waals surface area (Å²) in [6, 6.07) is 82.5. The average Bonchev–Trinajstić information content (AvgIpc) is 3.72. The molecule has 4 heteroatoms. The van der Waals surface area contributed by atoms with Gasteiger partial charge in [0, 0.05) is 33.2 Å². The first-order chi connectivity index (χ1) is 32.2. The Morgan fingerprint density at radius 3 is 1.54 bits per heavy atom. The molecule has 2 aromatic heterocycles. The van der Waals surface area contributed by atoms with Crippen LogP contribution in [-0.4, -0.2) is 19.5 Å². The third kappa shape index (κ3) is 6.18. The lowest BCUT2D eigenvalue weighted by atomic mass is 9.88. The van der Waals surface area contributed by atoms with Crippen LogP contribution in [0.5, 0.6) is 0 Å². The predicted octanol–water partition coefficient (Wildman–Crippen LogP) is 15.9. The zero-order chi connectivity index (χ0) is 42.8. The fourth-order valence-corrected chi connectivity index (χ4v) is 9.91. The Labute approximate surface area is 375 Å². The molecule has 0 saturated heterocycles. The van der Waals surface area contributed by atoms with Crippen molar-refractivity contribution in [1.82, 2.24) is 19.5 Å². The van der Waals surface area contributed by atoms with Gasteiger partial charge in [-0.2, -0.15) is 0 Å². The van der Waals surface area contributed by atoms with Gasteiger partial charge in [0.25, 0.3) is 0 Å². The molecule has 0 unspecified atom stereocenters. The normalized spacial score (nSPS) is 11.7. The molecular weight excluding hydrogens is 789 g/mol. The highest BCUT2D eigenvalue weighted by Gasteiger charge is 2.19. The molecule has 11 aromatic carbocycles. The highest BCUT2D eigenvalue weighted by Crippen LogP contribution is 2.43. The Morgan fingerprint density at radius 2 is 0.769 bits per heavy atom. The Bertz CT molecular complexity index is 3980. The fourth-order valence-electron chi connectivity index (χ4n) is 9.91. The van der Waals surface area contributed by atoms with E-state index in [-0.39, 0.29) is 0 Å². The number of rotatable bonds is 6. The van der Waals surface area contributed by atoms with Crippen molar-refractivity contribution in [3.8, 4) is 62.1 Å². The van der Waals surface area contributed by atoms with E-state index in [0.29, 0.717) is 17.5 Å². The van der Waals surface area contributed by atoms with E-state index in [1.807, 2.05) is 24.3 Å². The van der Waals surface area contributed by atoms with Gasteiger partial charge in [-0.15, -0.1) is 0 Å². The topological polar surface area (TPSA) is 43.6 Å². The Hall–Kier alpha value is -8.73. The van der Waals surface area contributed by atoms with E-state index >= 15 is 0 Å². The summed E-state index contributed by atoms with van der Waals surface area (Å²) in [5.41, 5.74) is 11.0. The Kier molecular flexibility index (Phi) is 8.50. The predicted molar refractivity (Wildman–Crippen MR) is 271 cm³/mol. The van der Waals surface area contributed by atoms with Crippen LogP contribution in [0, 0.1) is 0 Å². The average molecular weight is 827 g/mol. The molecule has 0 aliphatic carbocycles. The van der Waals surface area contributed by atoms with Crippen LogP contribution in [-0.2, 0) is 0 Å². The molecule has 0 saturated carbocycles. The second-order valence-corrected chi connectivity index (χ2v) is 16.8. The highest BCUT2D eigenvalue weighted by molar-refractivity contribution is 6.29. The minimum absolute atomic E-state index is 0.632. The molecule has 2 heterocycles. The van der Waals surface area contributed by atoms with Crippen LogP contribution < -0.4 is 0 Å². The maximum absolute atomic E-state index is 5.19. The quantitative estimate of drug-likeness (QED) is 0.157. The smallest absolute Gasteiger partial charge is 0.164 e. The van der Waals surface area contributed by atoms with E-state index in [1.165, 1.54) is 76.2 Å². The SMILES string of the molecule is c1ccc(-c2ccc(-c3nc(-c4ccccc4)nc(-c4ccc5c(c4)c4ccccc4c4cccc(-c6ccc7c8ccccc8n(-c8ccc9ccccc9c8)c7c6)c45)n3)cc2)cc1. The van der Waals surface area contributed by atoms with Crippen molar-refractivity contribution in [2.45, 2.75) is 0 Å². The summed E-state index contributed by atoms with van der Waals surface area (Å²) in [4.78, 5) is 15.4. The van der Waals surface area contributed by atoms with Gasteiger partial charge in [0.1, 0.15) is 0 Å². The monoisotopic (exact) mass is 826 g/mol. The Balaban J connectivity index is 1.00. The summed E-state index contributed by atoms with van der Waals surface area (Å²) in [6.45, 7) is 0. The van der Waals surface area contributed by atoms with E-state index in [4.69, 9.17) is 15.0 Å². The summed E-state index contributed by atoms with van der Waals surface area (Å²) in [5, 5.41) is 12.1. The number of hydrogen-bond acceptors (Lipinski definition) is 3. The van der Waals surface area contributed by atoms with Gasteiger partial charge in [0.15, 0.2) is 17.5 Å². The summed E-state index contributed by atoms with van der Waals surface area (Å²) in [5.74, 6) is 1.91. The number of benzene rings is 11. The van der Waals surface area contributed by atoms with Crippen LogP contribution in [0.15, 0.2) is 231 Å². The molecule has 4 nitrogen and oxygen atoms in total. The number of aromatic nitrogens is 4. The van der Waals surface area contributed by atoms with Gasteiger partial charge < -0.3 is 4.57 Å². The lowest BCUT2D eigenvalue weighted by Gasteiger charge is -2.16. The summed E-state index contributed by atoms with van der Waals surface area (Å²) in [7, 11) is 0. The summed E-state index contributed by atoms with van der Waals surface area (Å²) >= 11 is 0. The zero-order valence-electron chi connectivity index (χ0n) is 35.2. The number of hydrogen-bond donors (Lipinski definition) is 0. The van der Waals surface area contributed by atoms with Gasteiger partial charge in [0.2, 0.25) is 0 Å². The van der Waals surface area contributed by atoms with Crippen molar-refractivity contribution in [2.75, 3.05) is 0 Å². The second kappa shape index (κ2) is 15.0. The molecule has 13 rings (SSSR count). The highest BCUT2D eigenvalue weighted by atomic mass is 15.0. The van der Waals surface area contributed by atoms with E-state index in [1.54, 1.807) is 0 Å². The van der Waals surface area contributed by atoms with Crippen LogP contribution in [0.2, 0.25) is 0 Å². The molecular formula is C61H38N4.